The van der Waals surface area contributed by atoms with Crippen molar-refractivity contribution in [3.05, 3.63) is 68.8 Å². The number of rotatable bonds is 4. The van der Waals surface area contributed by atoms with Crippen LogP contribution >= 0.6 is 11.8 Å². The molecule has 0 aliphatic carbocycles. The van der Waals surface area contributed by atoms with Crippen LogP contribution in [-0.4, -0.2) is 9.85 Å². The van der Waals surface area contributed by atoms with Crippen LogP contribution in [-0.2, 0) is 0 Å². The number of hydrogen-bond donors (Lipinski definition) is 0. The zero-order valence-corrected chi connectivity index (χ0v) is 16.4. The van der Waals surface area contributed by atoms with Gasteiger partial charge in [0.25, 0.3) is 11.4 Å². The van der Waals surface area contributed by atoms with Crippen molar-refractivity contribution >= 4 is 23.1 Å². The summed E-state index contributed by atoms with van der Waals surface area (Å²) in [5.74, 6) is 0. The van der Waals surface area contributed by atoms with Crippen LogP contribution in [0.25, 0.3) is 0 Å². The molecule has 21 heavy (non-hydrogen) atoms. The number of non-ortho nitro benzene ring substituents is 2. The molecule has 0 aliphatic heterocycles. The monoisotopic (exact) mass is 324 g/mol. The normalized spacial score (nSPS) is 9.14. The SMILES string of the molecule is O=[N+]([O-])c1ccc(Sc2ccc([N+](=O)[O-])cc2)cc1.[H-].[H-].[Na+].[Na+]. The Morgan fingerprint density at radius 2 is 1.00 bits per heavy atom. The molecule has 100 valence electrons. The van der Waals surface area contributed by atoms with E-state index in [2.05, 4.69) is 0 Å². The van der Waals surface area contributed by atoms with E-state index in [0.29, 0.717) is 0 Å². The van der Waals surface area contributed by atoms with Crippen LogP contribution in [0.4, 0.5) is 11.4 Å². The molecule has 0 bridgehead atoms. The first-order valence-corrected chi connectivity index (χ1v) is 6.04. The summed E-state index contributed by atoms with van der Waals surface area (Å²) in [5.41, 5.74) is 0.0705. The third-order valence-corrected chi connectivity index (χ3v) is 3.35. The minimum absolute atomic E-state index is 0. The van der Waals surface area contributed by atoms with E-state index in [4.69, 9.17) is 0 Å². The predicted octanol–water partition coefficient (Wildman–Crippen LogP) is -2.11. The van der Waals surface area contributed by atoms with Gasteiger partial charge in [0, 0.05) is 34.1 Å². The maximum atomic E-state index is 10.5. The summed E-state index contributed by atoms with van der Waals surface area (Å²) in [5, 5.41) is 21.0. The first-order valence-electron chi connectivity index (χ1n) is 5.23. The molecule has 0 N–H and O–H groups in total. The summed E-state index contributed by atoms with van der Waals surface area (Å²) in [4.78, 5) is 21.8. The Morgan fingerprint density at radius 3 is 1.24 bits per heavy atom. The van der Waals surface area contributed by atoms with E-state index in [9.17, 15) is 20.2 Å². The van der Waals surface area contributed by atoms with E-state index in [1.165, 1.54) is 36.0 Å². The summed E-state index contributed by atoms with van der Waals surface area (Å²) >= 11 is 1.38. The Hall–Kier alpha value is -0.410. The van der Waals surface area contributed by atoms with E-state index in [1.54, 1.807) is 24.3 Å². The Labute approximate surface area is 172 Å². The summed E-state index contributed by atoms with van der Waals surface area (Å²) in [6.45, 7) is 0. The van der Waals surface area contributed by atoms with Crippen molar-refractivity contribution in [2.75, 3.05) is 0 Å². The standard InChI is InChI=1S/C12H8N2O4S.2Na.2H/c15-13(16)9-1-5-11(6-2-9)19-12-7-3-10(4-8-12)14(17)18;;;;/h1-8H;;;;/q;2*+1;2*-1. The van der Waals surface area contributed by atoms with Crippen LogP contribution in [0, 0.1) is 20.2 Å². The Kier molecular flexibility index (Phi) is 9.39. The van der Waals surface area contributed by atoms with Crippen LogP contribution in [0.3, 0.4) is 0 Å². The minimum Gasteiger partial charge on any atom is -1.00 e. The van der Waals surface area contributed by atoms with E-state index in [-0.39, 0.29) is 73.3 Å². The third-order valence-electron chi connectivity index (χ3n) is 2.33. The van der Waals surface area contributed by atoms with Crippen LogP contribution < -0.4 is 59.1 Å². The van der Waals surface area contributed by atoms with Gasteiger partial charge in [0.1, 0.15) is 0 Å². The maximum Gasteiger partial charge on any atom is 1.00 e. The van der Waals surface area contributed by atoms with Gasteiger partial charge in [-0.3, -0.25) is 20.2 Å². The average Bonchev–Trinajstić information content (AvgIpc) is 2.40. The molecule has 0 amide bonds. The van der Waals surface area contributed by atoms with Gasteiger partial charge >= 0.3 is 59.1 Å². The van der Waals surface area contributed by atoms with Gasteiger partial charge in [-0.25, -0.2) is 0 Å². The fourth-order valence-electron chi connectivity index (χ4n) is 1.41. The van der Waals surface area contributed by atoms with Gasteiger partial charge in [-0.05, 0) is 24.3 Å². The fraction of sp³-hybridized carbons (Fsp3) is 0. The van der Waals surface area contributed by atoms with E-state index in [0.717, 1.165) is 9.79 Å². The minimum atomic E-state index is -0.458. The summed E-state index contributed by atoms with van der Waals surface area (Å²) in [6.07, 6.45) is 0. The van der Waals surface area contributed by atoms with E-state index < -0.39 is 9.85 Å². The zero-order chi connectivity index (χ0) is 13.8. The van der Waals surface area contributed by atoms with Gasteiger partial charge in [0.2, 0.25) is 0 Å². The molecular weight excluding hydrogens is 314 g/mol. The second-order valence-electron chi connectivity index (χ2n) is 3.60. The molecule has 0 fully saturated rings. The molecule has 0 aromatic heterocycles. The summed E-state index contributed by atoms with van der Waals surface area (Å²) in [6, 6.07) is 12.3. The van der Waals surface area contributed by atoms with Crippen LogP contribution in [0.2, 0.25) is 0 Å². The second-order valence-corrected chi connectivity index (χ2v) is 4.75. The van der Waals surface area contributed by atoms with Crippen molar-refractivity contribution in [2.24, 2.45) is 0 Å². The maximum absolute atomic E-state index is 10.5. The Morgan fingerprint density at radius 1 is 0.714 bits per heavy atom. The number of nitro benzene ring substituents is 2. The molecule has 0 heterocycles. The van der Waals surface area contributed by atoms with Crippen LogP contribution in [0.1, 0.15) is 2.85 Å². The molecule has 0 spiro atoms. The molecule has 0 saturated carbocycles. The van der Waals surface area contributed by atoms with Crippen LogP contribution in [0.5, 0.6) is 0 Å². The number of hydrogen-bond acceptors (Lipinski definition) is 5. The molecule has 6 nitrogen and oxygen atoms in total. The van der Waals surface area contributed by atoms with Gasteiger partial charge < -0.3 is 2.85 Å². The number of nitro groups is 2. The summed E-state index contributed by atoms with van der Waals surface area (Å²) in [7, 11) is 0. The van der Waals surface area contributed by atoms with Gasteiger partial charge in [0.15, 0.2) is 0 Å². The molecule has 2 aromatic rings. The first kappa shape index (κ1) is 20.6. The largest absolute Gasteiger partial charge is 1.00 e. The Bertz CT molecular complexity index is 574. The van der Waals surface area contributed by atoms with Gasteiger partial charge in [-0.1, -0.05) is 11.8 Å². The molecule has 0 aliphatic rings. The molecule has 2 rings (SSSR count). The fourth-order valence-corrected chi connectivity index (χ4v) is 2.22. The molecular formula is C12H10N2Na2O4S. The van der Waals surface area contributed by atoms with E-state index in [1.807, 2.05) is 0 Å². The number of benzene rings is 2. The molecule has 9 heteroatoms. The first-order chi connectivity index (χ1) is 9.06. The smallest absolute Gasteiger partial charge is 1.00 e. The predicted molar refractivity (Wildman–Crippen MR) is 72.5 cm³/mol. The molecule has 0 saturated heterocycles. The third kappa shape index (κ3) is 6.07. The topological polar surface area (TPSA) is 86.3 Å². The van der Waals surface area contributed by atoms with Crippen molar-refractivity contribution in [3.63, 3.8) is 0 Å². The molecule has 2 aromatic carbocycles. The molecule has 0 atom stereocenters. The quantitative estimate of drug-likeness (QED) is 0.365. The second kappa shape index (κ2) is 9.58. The molecule has 0 radical (unpaired) electrons. The van der Waals surface area contributed by atoms with Gasteiger partial charge in [0.05, 0.1) is 9.85 Å². The zero-order valence-electron chi connectivity index (χ0n) is 13.6. The van der Waals surface area contributed by atoms with Crippen molar-refractivity contribution < 1.29 is 71.8 Å². The van der Waals surface area contributed by atoms with Crippen LogP contribution in [0.15, 0.2) is 58.3 Å². The van der Waals surface area contributed by atoms with Crippen molar-refractivity contribution in [2.45, 2.75) is 9.79 Å². The van der Waals surface area contributed by atoms with Crippen molar-refractivity contribution in [1.29, 1.82) is 0 Å². The number of nitrogens with zero attached hydrogens (tertiary/aromatic N) is 2. The molecule has 0 unspecified atom stereocenters. The van der Waals surface area contributed by atoms with Gasteiger partial charge in [-0.15, -0.1) is 0 Å². The Balaban J connectivity index is -0.000001000. The average molecular weight is 324 g/mol. The van der Waals surface area contributed by atoms with E-state index >= 15 is 0 Å². The van der Waals surface area contributed by atoms with Gasteiger partial charge in [-0.2, -0.15) is 0 Å². The van der Waals surface area contributed by atoms with Crippen molar-refractivity contribution in [1.82, 2.24) is 0 Å². The summed E-state index contributed by atoms with van der Waals surface area (Å²) < 4.78 is 0. The van der Waals surface area contributed by atoms with Crippen molar-refractivity contribution in [3.8, 4) is 0 Å².